The van der Waals surface area contributed by atoms with Crippen LogP contribution in [0.5, 0.6) is 0 Å². The fraction of sp³-hybridized carbons (Fsp3) is 0.0769. The van der Waals surface area contributed by atoms with Crippen molar-refractivity contribution < 1.29 is 9.31 Å². The van der Waals surface area contributed by atoms with Gasteiger partial charge >= 0.3 is 7.12 Å². The molecule has 1 saturated heterocycles. The minimum atomic E-state index is -0.433. The smallest absolute Gasteiger partial charge is 0.399 e. The molecular formula is C78H54BBrN6O2. The maximum Gasteiger partial charge on any atom is 0.494 e. The highest BCUT2D eigenvalue weighted by molar-refractivity contribution is 9.10. The van der Waals surface area contributed by atoms with Crippen LogP contribution < -0.4 is 5.46 Å². The Kier molecular flexibility index (Phi) is 13.2. The van der Waals surface area contributed by atoms with E-state index >= 15 is 0 Å². The van der Waals surface area contributed by atoms with Gasteiger partial charge in [-0.25, -0.2) is 19.7 Å². The summed E-state index contributed by atoms with van der Waals surface area (Å²) in [5.74, 6) is 0. The lowest BCUT2D eigenvalue weighted by Gasteiger charge is -2.32. The average molecular weight is 1200 g/mol. The molecule has 1 fully saturated rings. The third kappa shape index (κ3) is 9.47. The van der Waals surface area contributed by atoms with E-state index in [0.717, 1.165) is 92.2 Å². The van der Waals surface area contributed by atoms with Gasteiger partial charge in [0, 0.05) is 37.1 Å². The van der Waals surface area contributed by atoms with Gasteiger partial charge in [0.15, 0.2) is 11.4 Å². The third-order valence-electron chi connectivity index (χ3n) is 17.7. The van der Waals surface area contributed by atoms with Gasteiger partial charge in [-0.05, 0) is 172 Å². The summed E-state index contributed by atoms with van der Waals surface area (Å²) in [6.07, 6.45) is 0. The summed E-state index contributed by atoms with van der Waals surface area (Å²) in [6, 6.07) is 88.4. The van der Waals surface area contributed by atoms with Crippen LogP contribution in [-0.4, -0.2) is 37.1 Å². The van der Waals surface area contributed by atoms with Crippen LogP contribution >= 0.6 is 15.9 Å². The van der Waals surface area contributed by atoms with E-state index in [-0.39, 0.29) is 0 Å². The van der Waals surface area contributed by atoms with Crippen LogP contribution in [0.2, 0.25) is 0 Å². The molecule has 16 aromatic rings. The molecule has 4 aromatic heterocycles. The highest BCUT2D eigenvalue weighted by Crippen LogP contribution is 2.40. The molecule has 1 aliphatic rings. The molecule has 0 amide bonds. The summed E-state index contributed by atoms with van der Waals surface area (Å²) < 4.78 is 18.1. The zero-order valence-electron chi connectivity index (χ0n) is 48.7. The van der Waals surface area contributed by atoms with E-state index in [4.69, 9.17) is 32.4 Å². The van der Waals surface area contributed by atoms with Gasteiger partial charge in [0.2, 0.25) is 0 Å². The molecule has 418 valence electrons. The highest BCUT2D eigenvalue weighted by Gasteiger charge is 2.51. The first-order chi connectivity index (χ1) is 42.9. The minimum Gasteiger partial charge on any atom is -0.399 e. The number of aromatic nitrogens is 4. The minimum absolute atomic E-state index is 0.399. The van der Waals surface area contributed by atoms with Crippen molar-refractivity contribution in [1.29, 1.82) is 0 Å². The monoisotopic (exact) mass is 1200 g/mol. The van der Waals surface area contributed by atoms with E-state index in [2.05, 4.69) is 250 Å². The second-order valence-electron chi connectivity index (χ2n) is 23.5. The number of pyridine rings is 2. The molecule has 0 bridgehead atoms. The molecule has 0 N–H and O–H groups in total. The van der Waals surface area contributed by atoms with Gasteiger partial charge < -0.3 is 9.31 Å². The van der Waals surface area contributed by atoms with Gasteiger partial charge in [0.1, 0.15) is 11.3 Å². The second kappa shape index (κ2) is 21.5. The van der Waals surface area contributed by atoms with Crippen LogP contribution in [0.25, 0.3) is 141 Å². The van der Waals surface area contributed by atoms with Gasteiger partial charge in [-0.1, -0.05) is 198 Å². The number of halogens is 1. The molecule has 17 rings (SSSR count). The maximum absolute atomic E-state index is 7.58. The number of para-hydroxylation sites is 4. The fourth-order valence-corrected chi connectivity index (χ4v) is 12.7. The highest BCUT2D eigenvalue weighted by atomic mass is 79.9. The lowest BCUT2D eigenvalue weighted by molar-refractivity contribution is 0.00578. The molecule has 88 heavy (non-hydrogen) atoms. The van der Waals surface area contributed by atoms with Crippen LogP contribution in [-0.2, 0) is 9.31 Å². The molecule has 5 heterocycles. The summed E-state index contributed by atoms with van der Waals surface area (Å²) in [4.78, 5) is 17.3. The molecular weight excluding hydrogens is 1140 g/mol. The van der Waals surface area contributed by atoms with Crippen molar-refractivity contribution in [3.05, 3.63) is 282 Å². The molecule has 0 unspecified atom stereocenters. The van der Waals surface area contributed by atoms with E-state index in [1.807, 2.05) is 66.7 Å². The largest absolute Gasteiger partial charge is 0.494 e. The summed E-state index contributed by atoms with van der Waals surface area (Å²) in [7, 11) is -0.433. The normalized spacial score (nSPS) is 13.6. The van der Waals surface area contributed by atoms with E-state index in [1.54, 1.807) is 0 Å². The lowest BCUT2D eigenvalue weighted by Crippen LogP contribution is -2.41. The average Bonchev–Trinajstić information content (AvgIpc) is 1.62. The quantitative estimate of drug-likeness (QED) is 0.100. The molecule has 0 saturated carbocycles. The summed E-state index contributed by atoms with van der Waals surface area (Å²) in [6.45, 7) is 23.3. The Morgan fingerprint density at radius 2 is 0.750 bits per heavy atom. The number of imidazole rings is 2. The van der Waals surface area contributed by atoms with Gasteiger partial charge in [-0.2, -0.15) is 0 Å². The Morgan fingerprint density at radius 1 is 0.364 bits per heavy atom. The maximum atomic E-state index is 7.58. The number of benzene rings is 12. The first kappa shape index (κ1) is 54.2. The van der Waals surface area contributed by atoms with Crippen molar-refractivity contribution in [2.45, 2.75) is 38.9 Å². The zero-order valence-corrected chi connectivity index (χ0v) is 50.3. The van der Waals surface area contributed by atoms with Crippen LogP contribution in [0.3, 0.4) is 0 Å². The molecule has 10 heteroatoms. The summed E-state index contributed by atoms with van der Waals surface area (Å²) in [5, 5.41) is 11.6. The zero-order chi connectivity index (χ0) is 59.8. The molecule has 0 spiro atoms. The molecule has 8 nitrogen and oxygen atoms in total. The number of nitrogens with zero attached hydrogens (tertiary/aromatic N) is 6. The molecule has 0 radical (unpaired) electrons. The Balaban J connectivity index is 0.000000119. The first-order valence-corrected chi connectivity index (χ1v) is 30.2. The van der Waals surface area contributed by atoms with Gasteiger partial charge in [-0.3, -0.25) is 8.80 Å². The SMILES string of the molecule is Brc1ccc(-c2ccc3ccccc3c2)cc1.[C-]#[N+]c1ccc2c3cc(-c4ccc(-c5ccc6ccccc6c5)cc4)ccc3c3nc4ccccc4n3c2c1.[C-]#[N+]c1ccc2c3cc(B4OC(C)(C)C(C)(C)O4)ccc3c3nc4ccccc4n3c2c1. The second-order valence-corrected chi connectivity index (χ2v) is 24.4. The first-order valence-electron chi connectivity index (χ1n) is 29.4. The molecule has 12 aromatic carbocycles. The molecule has 0 atom stereocenters. The number of fused-ring (bicyclic) bond motifs is 18. The number of hydrogen-bond donors (Lipinski definition) is 0. The molecule has 1 aliphatic heterocycles. The number of rotatable bonds is 4. The summed E-state index contributed by atoms with van der Waals surface area (Å²) in [5.41, 5.74) is 16.4. The van der Waals surface area contributed by atoms with Crippen LogP contribution in [0.1, 0.15) is 27.7 Å². The fourth-order valence-electron chi connectivity index (χ4n) is 12.4. The van der Waals surface area contributed by atoms with Crippen molar-refractivity contribution in [3.8, 4) is 33.4 Å². The number of hydrogen-bond acceptors (Lipinski definition) is 4. The lowest BCUT2D eigenvalue weighted by atomic mass is 9.78. The third-order valence-corrected chi connectivity index (χ3v) is 18.2. The van der Waals surface area contributed by atoms with E-state index in [0.29, 0.717) is 11.4 Å². The van der Waals surface area contributed by atoms with Crippen molar-refractivity contribution >= 4 is 138 Å². The predicted octanol–water partition coefficient (Wildman–Crippen LogP) is 20.7. The Bertz CT molecular complexity index is 5570. The van der Waals surface area contributed by atoms with Gasteiger partial charge in [-0.15, -0.1) is 0 Å². The van der Waals surface area contributed by atoms with Gasteiger partial charge in [0.25, 0.3) is 0 Å². The standard InChI is InChI=1S/C36H21N3.C26H22BN3O2.C16H11Br/c1-37-29-17-19-30-32-21-28(16-18-31(32)36-38-33-8-4-5-9-34(33)39(36)35(30)22-29)25-12-10-24(11-13-25)27-15-14-23-6-2-3-7-26(23)20-27;1-25(2)26(3,4)32-27(31-25)16-10-12-19-20(14-16)18-13-11-17(28-5)15-23(18)30-22-9-7-6-8-21(22)29-24(19)30;17-16-9-7-13(8-10-16)15-6-5-12-3-1-2-4-14(12)11-15/h2-22H;6-15H,1-4H3;1-11H. The van der Waals surface area contributed by atoms with E-state index in [9.17, 15) is 0 Å². The van der Waals surface area contributed by atoms with E-state index in [1.165, 1.54) is 49.4 Å². The van der Waals surface area contributed by atoms with Crippen molar-refractivity contribution in [2.24, 2.45) is 0 Å². The Morgan fingerprint density at radius 3 is 1.24 bits per heavy atom. The predicted molar refractivity (Wildman–Crippen MR) is 369 cm³/mol. The molecule has 0 aliphatic carbocycles. The van der Waals surface area contributed by atoms with Gasteiger partial charge in [0.05, 0.1) is 46.4 Å². The van der Waals surface area contributed by atoms with Crippen molar-refractivity contribution in [1.82, 2.24) is 18.8 Å². The van der Waals surface area contributed by atoms with Crippen molar-refractivity contribution in [2.75, 3.05) is 0 Å². The topological polar surface area (TPSA) is 61.8 Å². The Hall–Kier alpha value is -10.5. The van der Waals surface area contributed by atoms with Crippen LogP contribution in [0.4, 0.5) is 11.4 Å². The Labute approximate surface area is 517 Å². The summed E-state index contributed by atoms with van der Waals surface area (Å²) >= 11 is 3.46. The van der Waals surface area contributed by atoms with E-state index < -0.39 is 18.3 Å². The van der Waals surface area contributed by atoms with Crippen LogP contribution in [0, 0.1) is 13.1 Å². The van der Waals surface area contributed by atoms with Crippen LogP contribution in [0.15, 0.2) is 259 Å². The van der Waals surface area contributed by atoms with Crippen molar-refractivity contribution in [3.63, 3.8) is 0 Å².